The normalized spacial score (nSPS) is 22.8. The SMILES string of the molecule is COC1C=CC=C2Oc3ncccc3C(=CCCN3CCC(O)(c4cccc(Cl)c4)CC3)C=C21. The van der Waals surface area contributed by atoms with Crippen molar-refractivity contribution >= 4 is 17.2 Å². The van der Waals surface area contributed by atoms with Gasteiger partial charge in [-0.25, -0.2) is 4.98 Å². The van der Waals surface area contributed by atoms with Gasteiger partial charge in [0.1, 0.15) is 11.9 Å². The number of allylic oxidation sites excluding steroid dienone is 4. The summed E-state index contributed by atoms with van der Waals surface area (Å²) in [6, 6.07) is 11.6. The molecule has 1 saturated heterocycles. The van der Waals surface area contributed by atoms with Crippen molar-refractivity contribution in [3.63, 3.8) is 0 Å². The Morgan fingerprint density at radius 1 is 1.26 bits per heavy atom. The molecule has 0 bridgehead atoms. The molecular formula is C28H29ClN2O3. The highest BCUT2D eigenvalue weighted by molar-refractivity contribution is 6.30. The predicted molar refractivity (Wildman–Crippen MR) is 135 cm³/mol. The summed E-state index contributed by atoms with van der Waals surface area (Å²) in [6.07, 6.45) is 14.2. The van der Waals surface area contributed by atoms with E-state index >= 15 is 0 Å². The average molecular weight is 477 g/mol. The minimum Gasteiger partial charge on any atom is -0.438 e. The van der Waals surface area contributed by atoms with E-state index in [0.29, 0.717) is 23.7 Å². The first-order valence-electron chi connectivity index (χ1n) is 11.7. The smallest absolute Gasteiger partial charge is 0.227 e. The molecule has 0 saturated carbocycles. The van der Waals surface area contributed by atoms with Gasteiger partial charge in [0.2, 0.25) is 5.88 Å². The van der Waals surface area contributed by atoms with E-state index < -0.39 is 5.60 Å². The van der Waals surface area contributed by atoms with Crippen LogP contribution in [0.4, 0.5) is 0 Å². The maximum Gasteiger partial charge on any atom is 0.227 e. The average Bonchev–Trinajstić information content (AvgIpc) is 3.02. The third-order valence-electron chi connectivity index (χ3n) is 6.83. The third-order valence-corrected chi connectivity index (χ3v) is 7.07. The lowest BCUT2D eigenvalue weighted by Gasteiger charge is -2.38. The van der Waals surface area contributed by atoms with Crippen LogP contribution in [0.2, 0.25) is 5.02 Å². The van der Waals surface area contributed by atoms with E-state index in [2.05, 4.69) is 22.0 Å². The van der Waals surface area contributed by atoms with Gasteiger partial charge in [0.25, 0.3) is 0 Å². The highest BCUT2D eigenvalue weighted by Gasteiger charge is 2.34. The molecule has 0 radical (unpaired) electrons. The van der Waals surface area contributed by atoms with Crippen molar-refractivity contribution in [1.82, 2.24) is 9.88 Å². The van der Waals surface area contributed by atoms with Gasteiger partial charge >= 0.3 is 0 Å². The summed E-state index contributed by atoms with van der Waals surface area (Å²) < 4.78 is 11.8. The first kappa shape index (κ1) is 23.1. The van der Waals surface area contributed by atoms with Crippen LogP contribution < -0.4 is 4.74 Å². The summed E-state index contributed by atoms with van der Waals surface area (Å²) in [7, 11) is 1.71. The van der Waals surface area contributed by atoms with Crippen LogP contribution in [0.15, 0.2) is 84.3 Å². The monoisotopic (exact) mass is 476 g/mol. The van der Waals surface area contributed by atoms with E-state index in [4.69, 9.17) is 21.1 Å². The molecule has 2 aromatic rings. The number of pyridine rings is 1. The summed E-state index contributed by atoms with van der Waals surface area (Å²) in [6.45, 7) is 2.61. The van der Waals surface area contributed by atoms with Crippen LogP contribution in [-0.4, -0.2) is 47.8 Å². The number of benzene rings is 1. The van der Waals surface area contributed by atoms with Gasteiger partial charge in [-0.15, -0.1) is 0 Å². The second-order valence-corrected chi connectivity index (χ2v) is 9.40. The highest BCUT2D eigenvalue weighted by Crippen LogP contribution is 2.37. The highest BCUT2D eigenvalue weighted by atomic mass is 35.5. The van der Waals surface area contributed by atoms with E-state index in [9.17, 15) is 5.11 Å². The van der Waals surface area contributed by atoms with Crippen LogP contribution in [0.1, 0.15) is 30.4 Å². The Balaban J connectivity index is 1.29. The van der Waals surface area contributed by atoms with Crippen LogP contribution in [0.25, 0.3) is 5.57 Å². The van der Waals surface area contributed by atoms with E-state index in [0.717, 1.165) is 54.1 Å². The van der Waals surface area contributed by atoms with Crippen LogP contribution in [-0.2, 0) is 10.3 Å². The van der Waals surface area contributed by atoms with Crippen LogP contribution in [0.5, 0.6) is 5.88 Å². The van der Waals surface area contributed by atoms with Gasteiger partial charge in [-0.3, -0.25) is 0 Å². The zero-order valence-corrected chi connectivity index (χ0v) is 20.0. The predicted octanol–water partition coefficient (Wildman–Crippen LogP) is 5.28. The van der Waals surface area contributed by atoms with Gasteiger partial charge in [0.05, 0.1) is 5.60 Å². The minimum absolute atomic E-state index is 0.149. The fourth-order valence-corrected chi connectivity index (χ4v) is 5.05. The van der Waals surface area contributed by atoms with Gasteiger partial charge in [-0.05, 0) is 66.8 Å². The quantitative estimate of drug-likeness (QED) is 0.636. The van der Waals surface area contributed by atoms with E-state index in [1.807, 2.05) is 54.6 Å². The Labute approximate surface area is 205 Å². The number of rotatable bonds is 5. The largest absolute Gasteiger partial charge is 0.438 e. The lowest BCUT2D eigenvalue weighted by molar-refractivity contribution is -0.0254. The van der Waals surface area contributed by atoms with Crippen LogP contribution in [0, 0.1) is 0 Å². The molecule has 5 rings (SSSR count). The lowest BCUT2D eigenvalue weighted by Crippen LogP contribution is -2.42. The molecule has 1 unspecified atom stereocenters. The van der Waals surface area contributed by atoms with Crippen molar-refractivity contribution < 1.29 is 14.6 Å². The van der Waals surface area contributed by atoms with Crippen molar-refractivity contribution in [3.8, 4) is 5.88 Å². The summed E-state index contributed by atoms with van der Waals surface area (Å²) in [5.41, 5.74) is 3.17. The molecule has 1 aromatic heterocycles. The number of aliphatic hydroxyl groups is 1. The molecule has 0 amide bonds. The zero-order chi connectivity index (χ0) is 23.5. The fraction of sp³-hybridized carbons (Fsp3) is 0.321. The molecule has 1 aromatic carbocycles. The first-order valence-corrected chi connectivity index (χ1v) is 12.1. The molecule has 2 aliphatic heterocycles. The van der Waals surface area contributed by atoms with Crippen molar-refractivity contribution in [1.29, 1.82) is 0 Å². The maximum absolute atomic E-state index is 11.2. The van der Waals surface area contributed by atoms with Crippen LogP contribution in [0.3, 0.4) is 0 Å². The molecule has 1 fully saturated rings. The van der Waals surface area contributed by atoms with E-state index in [1.54, 1.807) is 13.3 Å². The second-order valence-electron chi connectivity index (χ2n) is 8.96. The van der Waals surface area contributed by atoms with Gasteiger partial charge in [-0.1, -0.05) is 42.0 Å². The van der Waals surface area contributed by atoms with Gasteiger partial charge in [0.15, 0.2) is 0 Å². The summed E-state index contributed by atoms with van der Waals surface area (Å²) in [5, 5.41) is 11.8. The molecule has 0 spiro atoms. The molecule has 1 atom stereocenters. The lowest BCUT2D eigenvalue weighted by atomic mass is 9.84. The van der Waals surface area contributed by atoms with Gasteiger partial charge in [-0.2, -0.15) is 0 Å². The topological polar surface area (TPSA) is 54.8 Å². The van der Waals surface area contributed by atoms with Crippen LogP contribution >= 0.6 is 11.6 Å². The maximum atomic E-state index is 11.2. The number of ether oxygens (including phenoxy) is 2. The van der Waals surface area contributed by atoms with Crippen molar-refractivity contribution in [3.05, 3.63) is 100 Å². The first-order chi connectivity index (χ1) is 16.6. The molecule has 1 N–H and O–H groups in total. The molecule has 1 aliphatic carbocycles. The number of piperidine rings is 1. The molecule has 6 heteroatoms. The minimum atomic E-state index is -0.806. The summed E-state index contributed by atoms with van der Waals surface area (Å²) in [5.74, 6) is 1.38. The molecule has 34 heavy (non-hydrogen) atoms. The second kappa shape index (κ2) is 9.88. The molecule has 5 nitrogen and oxygen atoms in total. The number of hydrogen-bond acceptors (Lipinski definition) is 5. The number of nitrogens with zero attached hydrogens (tertiary/aromatic N) is 2. The Morgan fingerprint density at radius 3 is 2.91 bits per heavy atom. The Hall–Kier alpha value is -2.70. The van der Waals surface area contributed by atoms with Gasteiger partial charge in [0, 0.05) is 49.1 Å². The number of hydrogen-bond donors (Lipinski definition) is 1. The Morgan fingerprint density at radius 2 is 2.12 bits per heavy atom. The fourth-order valence-electron chi connectivity index (χ4n) is 4.86. The standard InChI is InChI=1S/C28H29ClN2O3/c1-33-25-10-3-11-26-24(25)18-20(23-9-4-14-30-27(23)34-26)6-5-15-31-16-12-28(32,13-17-31)21-7-2-8-22(29)19-21/h2-4,6-11,14,18-19,25,32H,5,12-13,15-17H2,1H3. The number of halogens is 1. The van der Waals surface area contributed by atoms with Crippen molar-refractivity contribution in [2.24, 2.45) is 0 Å². The number of likely N-dealkylation sites (tertiary alicyclic amines) is 1. The summed E-state index contributed by atoms with van der Waals surface area (Å²) >= 11 is 6.14. The Kier molecular flexibility index (Phi) is 6.70. The third kappa shape index (κ3) is 4.75. The molecule has 176 valence electrons. The zero-order valence-electron chi connectivity index (χ0n) is 19.3. The van der Waals surface area contributed by atoms with Crippen molar-refractivity contribution in [2.75, 3.05) is 26.7 Å². The van der Waals surface area contributed by atoms with E-state index in [-0.39, 0.29) is 6.10 Å². The number of aromatic nitrogens is 1. The molecule has 3 aliphatic rings. The van der Waals surface area contributed by atoms with Gasteiger partial charge < -0.3 is 19.5 Å². The number of methoxy groups -OCH3 is 1. The molecular weight excluding hydrogens is 448 g/mol. The number of fused-ring (bicyclic) bond motifs is 2. The van der Waals surface area contributed by atoms with Crippen molar-refractivity contribution in [2.45, 2.75) is 31.0 Å². The Bertz CT molecular complexity index is 1180. The summed E-state index contributed by atoms with van der Waals surface area (Å²) in [4.78, 5) is 6.88. The molecule has 3 heterocycles. The van der Waals surface area contributed by atoms with E-state index in [1.165, 1.54) is 0 Å².